The summed E-state index contributed by atoms with van der Waals surface area (Å²) in [4.78, 5) is 23.6. The number of carbonyl (C=O) groups is 2. The van der Waals surface area contributed by atoms with Gasteiger partial charge in [0.15, 0.2) is 0 Å². The Bertz CT molecular complexity index is 578. The molecule has 0 aliphatic rings. The SMILES string of the molecule is CC(CN(C)C(=O)Nc1cc(Cl)ccc1C(F)(F)F)C(=O)O. The summed E-state index contributed by atoms with van der Waals surface area (Å²) in [5.41, 5.74) is -1.52. The van der Waals surface area contributed by atoms with Gasteiger partial charge >= 0.3 is 18.2 Å². The van der Waals surface area contributed by atoms with E-state index in [0.29, 0.717) is 0 Å². The third-order valence-corrected chi connectivity index (χ3v) is 3.08. The zero-order valence-corrected chi connectivity index (χ0v) is 12.5. The molecule has 0 aromatic heterocycles. The van der Waals surface area contributed by atoms with Gasteiger partial charge in [-0.15, -0.1) is 0 Å². The van der Waals surface area contributed by atoms with Gasteiger partial charge in [-0.25, -0.2) is 4.79 Å². The number of rotatable bonds is 4. The van der Waals surface area contributed by atoms with Crippen LogP contribution in [0, 0.1) is 5.92 Å². The molecule has 1 unspecified atom stereocenters. The lowest BCUT2D eigenvalue weighted by molar-refractivity contribution is -0.141. The molecule has 0 saturated heterocycles. The zero-order valence-electron chi connectivity index (χ0n) is 11.7. The van der Waals surface area contributed by atoms with Crippen molar-refractivity contribution in [3.05, 3.63) is 28.8 Å². The van der Waals surface area contributed by atoms with Gasteiger partial charge in [-0.3, -0.25) is 4.79 Å². The molecule has 22 heavy (non-hydrogen) atoms. The minimum atomic E-state index is -4.65. The van der Waals surface area contributed by atoms with Crippen LogP contribution in [0.2, 0.25) is 5.02 Å². The first kappa shape index (κ1) is 18.1. The second-order valence-electron chi connectivity index (χ2n) is 4.74. The summed E-state index contributed by atoms with van der Waals surface area (Å²) in [6, 6.07) is 1.95. The van der Waals surface area contributed by atoms with E-state index in [-0.39, 0.29) is 11.6 Å². The number of hydrogen-bond donors (Lipinski definition) is 2. The Kier molecular flexibility index (Phi) is 5.65. The molecule has 0 bridgehead atoms. The monoisotopic (exact) mass is 338 g/mol. The third kappa shape index (κ3) is 4.80. The molecule has 0 radical (unpaired) electrons. The van der Waals surface area contributed by atoms with E-state index in [2.05, 4.69) is 5.32 Å². The lowest BCUT2D eigenvalue weighted by atomic mass is 10.1. The van der Waals surface area contributed by atoms with Crippen LogP contribution in [0.1, 0.15) is 12.5 Å². The molecule has 2 N–H and O–H groups in total. The first-order valence-electron chi connectivity index (χ1n) is 6.14. The van der Waals surface area contributed by atoms with Crippen molar-refractivity contribution in [3.63, 3.8) is 0 Å². The van der Waals surface area contributed by atoms with Crippen molar-refractivity contribution >= 4 is 29.3 Å². The summed E-state index contributed by atoms with van der Waals surface area (Å²) < 4.78 is 38.6. The van der Waals surface area contributed by atoms with Gasteiger partial charge in [0.2, 0.25) is 0 Å². The van der Waals surface area contributed by atoms with Crippen molar-refractivity contribution in [3.8, 4) is 0 Å². The highest BCUT2D eigenvalue weighted by molar-refractivity contribution is 6.31. The van der Waals surface area contributed by atoms with Gasteiger partial charge in [0.1, 0.15) is 0 Å². The number of alkyl halides is 3. The Labute approximate surface area is 129 Å². The van der Waals surface area contributed by atoms with Crippen molar-refractivity contribution in [1.82, 2.24) is 4.90 Å². The van der Waals surface area contributed by atoms with Crippen LogP contribution in [0.4, 0.5) is 23.7 Å². The maximum atomic E-state index is 12.9. The molecule has 0 aliphatic heterocycles. The van der Waals surface area contributed by atoms with Crippen LogP contribution in [-0.4, -0.2) is 35.6 Å². The second-order valence-corrected chi connectivity index (χ2v) is 5.17. The molecule has 0 fully saturated rings. The molecule has 1 aromatic carbocycles. The number of nitrogens with zero attached hydrogens (tertiary/aromatic N) is 1. The summed E-state index contributed by atoms with van der Waals surface area (Å²) >= 11 is 5.65. The molecule has 0 spiro atoms. The summed E-state index contributed by atoms with van der Waals surface area (Å²) in [6.07, 6.45) is -4.65. The lowest BCUT2D eigenvalue weighted by Crippen LogP contribution is -2.37. The number of nitrogens with one attached hydrogen (secondary N) is 1. The number of urea groups is 1. The highest BCUT2D eigenvalue weighted by Gasteiger charge is 2.34. The van der Waals surface area contributed by atoms with Gasteiger partial charge in [0.05, 0.1) is 17.2 Å². The molecule has 0 aliphatic carbocycles. The van der Waals surface area contributed by atoms with E-state index >= 15 is 0 Å². The van der Waals surface area contributed by atoms with Crippen LogP contribution in [0.5, 0.6) is 0 Å². The number of carboxylic acid groups (broad SMARTS) is 1. The molecule has 0 saturated carbocycles. The number of aliphatic carboxylic acids is 1. The van der Waals surface area contributed by atoms with Crippen LogP contribution in [-0.2, 0) is 11.0 Å². The zero-order chi connectivity index (χ0) is 17.1. The second kappa shape index (κ2) is 6.87. The van der Waals surface area contributed by atoms with Gasteiger partial charge in [0.25, 0.3) is 0 Å². The van der Waals surface area contributed by atoms with Crippen LogP contribution in [0.3, 0.4) is 0 Å². The van der Waals surface area contributed by atoms with Gasteiger partial charge < -0.3 is 15.3 Å². The average molecular weight is 339 g/mol. The van der Waals surface area contributed by atoms with Crippen LogP contribution < -0.4 is 5.32 Å². The fraction of sp³-hybridized carbons (Fsp3) is 0.385. The topological polar surface area (TPSA) is 69.6 Å². The molecule has 1 aromatic rings. The van der Waals surface area contributed by atoms with E-state index in [1.54, 1.807) is 0 Å². The Balaban J connectivity index is 2.92. The molecule has 2 amide bonds. The predicted molar refractivity (Wildman–Crippen MR) is 74.9 cm³/mol. The average Bonchev–Trinajstić information content (AvgIpc) is 2.36. The van der Waals surface area contributed by atoms with Crippen molar-refractivity contribution in [1.29, 1.82) is 0 Å². The number of anilines is 1. The molecular weight excluding hydrogens is 325 g/mol. The molecule has 9 heteroatoms. The van der Waals surface area contributed by atoms with Crippen molar-refractivity contribution in [2.45, 2.75) is 13.1 Å². The number of hydrogen-bond acceptors (Lipinski definition) is 2. The summed E-state index contributed by atoms with van der Waals surface area (Å²) in [5, 5.41) is 10.9. The molecule has 5 nitrogen and oxygen atoms in total. The molecule has 0 heterocycles. The number of benzene rings is 1. The van der Waals surface area contributed by atoms with Crippen LogP contribution >= 0.6 is 11.6 Å². The van der Waals surface area contributed by atoms with Crippen molar-refractivity contribution in [2.75, 3.05) is 18.9 Å². The quantitative estimate of drug-likeness (QED) is 0.882. The fourth-order valence-corrected chi connectivity index (χ4v) is 1.82. The number of amides is 2. The van der Waals surface area contributed by atoms with Gasteiger partial charge in [-0.1, -0.05) is 18.5 Å². The number of carbonyl (C=O) groups excluding carboxylic acids is 1. The van der Waals surface area contributed by atoms with Crippen LogP contribution in [0.15, 0.2) is 18.2 Å². The largest absolute Gasteiger partial charge is 0.481 e. The van der Waals surface area contributed by atoms with E-state index in [1.807, 2.05) is 0 Å². The van der Waals surface area contributed by atoms with Gasteiger partial charge in [-0.05, 0) is 18.2 Å². The molecule has 1 rings (SSSR count). The summed E-state index contributed by atoms with van der Waals surface area (Å²) in [5.74, 6) is -1.96. The molecule has 122 valence electrons. The maximum Gasteiger partial charge on any atom is 0.418 e. The molecule has 1 atom stereocenters. The Hall–Kier alpha value is -1.96. The smallest absolute Gasteiger partial charge is 0.418 e. The summed E-state index contributed by atoms with van der Waals surface area (Å²) in [7, 11) is 1.28. The molecular formula is C13H14ClF3N2O3. The van der Waals surface area contributed by atoms with E-state index in [1.165, 1.54) is 14.0 Å². The van der Waals surface area contributed by atoms with E-state index in [9.17, 15) is 22.8 Å². The number of halogens is 4. The third-order valence-electron chi connectivity index (χ3n) is 2.84. The Morgan fingerprint density at radius 3 is 2.50 bits per heavy atom. The van der Waals surface area contributed by atoms with Gasteiger partial charge in [0, 0.05) is 18.6 Å². The fourth-order valence-electron chi connectivity index (χ4n) is 1.65. The Morgan fingerprint density at radius 1 is 1.41 bits per heavy atom. The minimum absolute atomic E-state index is 0.0323. The standard InChI is InChI=1S/C13H14ClF3N2O3/c1-7(11(20)21)6-19(2)12(22)18-10-5-8(14)3-4-9(10)13(15,16)17/h3-5,7H,6H2,1-2H3,(H,18,22)(H,20,21). The first-order valence-corrected chi connectivity index (χ1v) is 6.52. The first-order chi connectivity index (χ1) is 10.0. The van der Waals surface area contributed by atoms with Gasteiger partial charge in [-0.2, -0.15) is 13.2 Å². The summed E-state index contributed by atoms with van der Waals surface area (Å²) in [6.45, 7) is 1.23. The number of carboxylic acids is 1. The highest BCUT2D eigenvalue weighted by Crippen LogP contribution is 2.36. The van der Waals surface area contributed by atoms with E-state index < -0.39 is 35.3 Å². The van der Waals surface area contributed by atoms with E-state index in [0.717, 1.165) is 23.1 Å². The Morgan fingerprint density at radius 2 is 2.00 bits per heavy atom. The normalized spacial score (nSPS) is 12.6. The van der Waals surface area contributed by atoms with Crippen molar-refractivity contribution < 1.29 is 27.9 Å². The van der Waals surface area contributed by atoms with E-state index in [4.69, 9.17) is 16.7 Å². The van der Waals surface area contributed by atoms with Crippen LogP contribution in [0.25, 0.3) is 0 Å². The highest BCUT2D eigenvalue weighted by atomic mass is 35.5. The minimum Gasteiger partial charge on any atom is -0.481 e. The predicted octanol–water partition coefficient (Wildman–Crippen LogP) is 3.54. The van der Waals surface area contributed by atoms with Crippen molar-refractivity contribution in [2.24, 2.45) is 5.92 Å². The maximum absolute atomic E-state index is 12.9. The lowest BCUT2D eigenvalue weighted by Gasteiger charge is -2.21.